The number of hydrogen-bond donors (Lipinski definition) is 1. The number of nitrogens with zero attached hydrogens (tertiary/aromatic N) is 1. The predicted molar refractivity (Wildman–Crippen MR) is 81.2 cm³/mol. The maximum absolute atomic E-state index is 5.81. The quantitative estimate of drug-likeness (QED) is 0.826. The Bertz CT molecular complexity index is 359. The number of hydrogen-bond acceptors (Lipinski definition) is 4. The van der Waals surface area contributed by atoms with E-state index in [0.717, 1.165) is 64.7 Å². The fraction of sp³-hybridized carbons (Fsp3) is 0.625. The molecule has 20 heavy (non-hydrogen) atoms. The van der Waals surface area contributed by atoms with E-state index >= 15 is 0 Å². The Morgan fingerprint density at radius 1 is 1.20 bits per heavy atom. The van der Waals surface area contributed by atoms with Gasteiger partial charge < -0.3 is 14.8 Å². The summed E-state index contributed by atoms with van der Waals surface area (Å²) in [7, 11) is 0. The average Bonchev–Trinajstić information content (AvgIpc) is 2.75. The molecule has 1 N–H and O–H groups in total. The fourth-order valence-electron chi connectivity index (χ4n) is 2.29. The summed E-state index contributed by atoms with van der Waals surface area (Å²) in [6, 6.07) is 8.35. The molecule has 4 nitrogen and oxygen atoms in total. The molecule has 1 aromatic rings. The first kappa shape index (κ1) is 15.3. The second-order valence-electron chi connectivity index (χ2n) is 5.08. The first-order valence-electron chi connectivity index (χ1n) is 7.61. The second kappa shape index (κ2) is 8.95. The van der Waals surface area contributed by atoms with E-state index in [1.807, 2.05) is 0 Å². The molecular formula is C16H26N2O2. The van der Waals surface area contributed by atoms with E-state index in [1.54, 1.807) is 0 Å². The van der Waals surface area contributed by atoms with Gasteiger partial charge in [0, 0.05) is 32.8 Å². The molecule has 4 heteroatoms. The third kappa shape index (κ3) is 5.49. The van der Waals surface area contributed by atoms with Crippen molar-refractivity contribution < 1.29 is 9.47 Å². The minimum Gasteiger partial charge on any atom is -0.492 e. The monoisotopic (exact) mass is 278 g/mol. The molecule has 1 heterocycles. The highest BCUT2D eigenvalue weighted by Gasteiger charge is 2.08. The van der Waals surface area contributed by atoms with Crippen molar-refractivity contribution in [1.82, 2.24) is 10.2 Å². The number of benzene rings is 1. The smallest absolute Gasteiger partial charge is 0.119 e. The maximum atomic E-state index is 5.81. The molecule has 1 aliphatic heterocycles. The summed E-state index contributed by atoms with van der Waals surface area (Å²) in [6.45, 7) is 9.63. The van der Waals surface area contributed by atoms with Crippen molar-refractivity contribution in [2.75, 3.05) is 46.0 Å². The lowest BCUT2D eigenvalue weighted by Gasteiger charge is -2.19. The summed E-state index contributed by atoms with van der Waals surface area (Å²) >= 11 is 0. The van der Waals surface area contributed by atoms with Gasteiger partial charge in [-0.15, -0.1) is 0 Å². The Balaban J connectivity index is 1.68. The van der Waals surface area contributed by atoms with Crippen LogP contribution in [0, 0.1) is 0 Å². The molecule has 2 rings (SSSR count). The van der Waals surface area contributed by atoms with Gasteiger partial charge in [-0.3, -0.25) is 4.90 Å². The lowest BCUT2D eigenvalue weighted by atomic mass is 10.2. The van der Waals surface area contributed by atoms with Crippen molar-refractivity contribution in [1.29, 1.82) is 0 Å². The van der Waals surface area contributed by atoms with Crippen LogP contribution in [0.1, 0.15) is 18.9 Å². The molecule has 0 radical (unpaired) electrons. The van der Waals surface area contributed by atoms with Crippen LogP contribution in [0.25, 0.3) is 0 Å². The van der Waals surface area contributed by atoms with Crippen molar-refractivity contribution in [3.05, 3.63) is 29.8 Å². The first-order valence-corrected chi connectivity index (χ1v) is 7.61. The van der Waals surface area contributed by atoms with Crippen LogP contribution in [0.3, 0.4) is 0 Å². The lowest BCUT2D eigenvalue weighted by molar-refractivity contribution is 0.137. The molecular weight excluding hydrogens is 252 g/mol. The Morgan fingerprint density at radius 2 is 2.05 bits per heavy atom. The summed E-state index contributed by atoms with van der Waals surface area (Å²) in [5.41, 5.74) is 1.30. The van der Waals surface area contributed by atoms with E-state index in [2.05, 4.69) is 41.4 Å². The van der Waals surface area contributed by atoms with Crippen molar-refractivity contribution in [2.45, 2.75) is 19.9 Å². The standard InChI is InChI=1S/C16H26N2O2/c1-2-17-14-15-4-6-16(7-5-15)20-13-10-18-8-3-11-19-12-9-18/h4-7,17H,2-3,8-14H2,1H3. The Morgan fingerprint density at radius 3 is 2.85 bits per heavy atom. The van der Waals surface area contributed by atoms with E-state index in [9.17, 15) is 0 Å². The molecule has 1 aromatic carbocycles. The lowest BCUT2D eigenvalue weighted by Crippen LogP contribution is -2.30. The van der Waals surface area contributed by atoms with E-state index in [4.69, 9.17) is 9.47 Å². The zero-order valence-corrected chi connectivity index (χ0v) is 12.4. The van der Waals surface area contributed by atoms with Crippen LogP contribution in [-0.2, 0) is 11.3 Å². The largest absolute Gasteiger partial charge is 0.492 e. The number of rotatable bonds is 7. The zero-order chi connectivity index (χ0) is 14.0. The summed E-state index contributed by atoms with van der Waals surface area (Å²) in [5, 5.41) is 3.32. The van der Waals surface area contributed by atoms with Crippen LogP contribution >= 0.6 is 0 Å². The minimum absolute atomic E-state index is 0.743. The Hall–Kier alpha value is -1.10. The second-order valence-corrected chi connectivity index (χ2v) is 5.08. The summed E-state index contributed by atoms with van der Waals surface area (Å²) in [6.07, 6.45) is 1.12. The molecule has 0 spiro atoms. The van der Waals surface area contributed by atoms with Crippen molar-refractivity contribution in [3.8, 4) is 5.75 Å². The Labute approximate surface area is 122 Å². The van der Waals surface area contributed by atoms with Crippen LogP contribution in [0.15, 0.2) is 24.3 Å². The highest BCUT2D eigenvalue weighted by atomic mass is 16.5. The van der Waals surface area contributed by atoms with Crippen LogP contribution in [-0.4, -0.2) is 50.9 Å². The number of nitrogens with one attached hydrogen (secondary N) is 1. The van der Waals surface area contributed by atoms with E-state index in [1.165, 1.54) is 5.56 Å². The molecule has 1 saturated heterocycles. The first-order chi connectivity index (χ1) is 9.88. The highest BCUT2D eigenvalue weighted by molar-refractivity contribution is 5.27. The molecule has 0 atom stereocenters. The molecule has 0 saturated carbocycles. The summed E-state index contributed by atoms with van der Waals surface area (Å²) in [4.78, 5) is 2.41. The molecule has 0 bridgehead atoms. The third-order valence-electron chi connectivity index (χ3n) is 3.49. The van der Waals surface area contributed by atoms with Gasteiger partial charge in [0.05, 0.1) is 6.61 Å². The molecule has 0 unspecified atom stereocenters. The Kier molecular flexibility index (Phi) is 6.84. The van der Waals surface area contributed by atoms with Crippen LogP contribution in [0.5, 0.6) is 5.75 Å². The maximum Gasteiger partial charge on any atom is 0.119 e. The molecule has 1 aliphatic rings. The summed E-state index contributed by atoms with van der Waals surface area (Å²) in [5.74, 6) is 0.955. The van der Waals surface area contributed by atoms with Crippen LogP contribution in [0.4, 0.5) is 0 Å². The third-order valence-corrected chi connectivity index (χ3v) is 3.49. The molecule has 0 aromatic heterocycles. The highest BCUT2D eigenvalue weighted by Crippen LogP contribution is 2.12. The van der Waals surface area contributed by atoms with Gasteiger partial charge in [-0.25, -0.2) is 0 Å². The molecule has 1 fully saturated rings. The van der Waals surface area contributed by atoms with Gasteiger partial charge in [0.25, 0.3) is 0 Å². The van der Waals surface area contributed by atoms with Gasteiger partial charge in [-0.1, -0.05) is 19.1 Å². The van der Waals surface area contributed by atoms with E-state index in [-0.39, 0.29) is 0 Å². The topological polar surface area (TPSA) is 33.7 Å². The molecule has 0 amide bonds. The average molecular weight is 278 g/mol. The predicted octanol–water partition coefficient (Wildman–Crippen LogP) is 1.90. The SMILES string of the molecule is CCNCc1ccc(OCCN2CCCOCC2)cc1. The van der Waals surface area contributed by atoms with Crippen molar-refractivity contribution >= 4 is 0 Å². The van der Waals surface area contributed by atoms with Crippen LogP contribution in [0.2, 0.25) is 0 Å². The van der Waals surface area contributed by atoms with Crippen molar-refractivity contribution in [2.24, 2.45) is 0 Å². The van der Waals surface area contributed by atoms with Gasteiger partial charge in [0.2, 0.25) is 0 Å². The fourth-order valence-corrected chi connectivity index (χ4v) is 2.29. The van der Waals surface area contributed by atoms with Gasteiger partial charge in [-0.05, 0) is 30.7 Å². The zero-order valence-electron chi connectivity index (χ0n) is 12.4. The normalized spacial score (nSPS) is 16.9. The van der Waals surface area contributed by atoms with E-state index in [0.29, 0.717) is 0 Å². The summed E-state index contributed by atoms with van der Waals surface area (Å²) < 4.78 is 11.3. The van der Waals surface area contributed by atoms with Gasteiger partial charge >= 0.3 is 0 Å². The van der Waals surface area contributed by atoms with Crippen LogP contribution < -0.4 is 10.1 Å². The van der Waals surface area contributed by atoms with Gasteiger partial charge in [0.15, 0.2) is 0 Å². The van der Waals surface area contributed by atoms with Gasteiger partial charge in [0.1, 0.15) is 12.4 Å². The van der Waals surface area contributed by atoms with Gasteiger partial charge in [-0.2, -0.15) is 0 Å². The number of ether oxygens (including phenoxy) is 2. The van der Waals surface area contributed by atoms with E-state index < -0.39 is 0 Å². The molecule has 0 aliphatic carbocycles. The molecule has 112 valence electrons. The minimum atomic E-state index is 0.743. The van der Waals surface area contributed by atoms with Crippen molar-refractivity contribution in [3.63, 3.8) is 0 Å².